The summed E-state index contributed by atoms with van der Waals surface area (Å²) < 4.78 is 55.3. The Morgan fingerprint density at radius 1 is 0.593 bits per heavy atom. The van der Waals surface area contributed by atoms with Crippen molar-refractivity contribution in [2.75, 3.05) is 90.8 Å². The smallest absolute Gasteiger partial charge is 0.383 e. The summed E-state index contributed by atoms with van der Waals surface area (Å²) in [7, 11) is 0. The van der Waals surface area contributed by atoms with Gasteiger partial charge in [0.05, 0.1) is 27.8 Å². The molecule has 91 heavy (non-hydrogen) atoms. The Morgan fingerprint density at radius 3 is 1.70 bits per heavy atom. The van der Waals surface area contributed by atoms with Crippen LogP contribution in [-0.4, -0.2) is 118 Å². The molecule has 3 aliphatic heterocycles. The maximum absolute atomic E-state index is 14.6. The van der Waals surface area contributed by atoms with Gasteiger partial charge in [-0.2, -0.15) is 13.2 Å². The number of rotatable bonds is 15. The van der Waals surface area contributed by atoms with Crippen molar-refractivity contribution in [1.29, 1.82) is 0 Å². The summed E-state index contributed by atoms with van der Waals surface area (Å²) in [4.78, 5) is 71.4. The maximum atomic E-state index is 14.6. The molecule has 2 aromatic carbocycles. The summed E-state index contributed by atoms with van der Waals surface area (Å²) in [6, 6.07) is 36.6. The SMILES string of the molecule is CC#Cc1ccc(N2CCNC(c3ccccc3)C2)nc1C(=O)c1cccnc1N.CC(C)C[C@H]1CN(c2ccc(-c3ccccc3F)c(C(=O)c3cccnc3N)n2)CCN1.CCCC1CN(c2ccc(C(F)(F)F)c(C(=O)c3cccnc3N)n2)CCCN1.[HH].[HH].[HH].[HH].[HH].[HH]. The normalized spacial score (nSPS) is 16.7. The number of aromatic nitrogens is 6. The number of nitrogen functional groups attached to an aromatic ring is 3. The quantitative estimate of drug-likeness (QED) is 0.0317. The van der Waals surface area contributed by atoms with E-state index in [0.29, 0.717) is 64.6 Å². The van der Waals surface area contributed by atoms with Gasteiger partial charge in [-0.05, 0) is 123 Å². The first kappa shape index (κ1) is 65.7. The Morgan fingerprint density at radius 2 is 1.11 bits per heavy atom. The van der Waals surface area contributed by atoms with Crippen LogP contribution < -0.4 is 47.9 Å². The van der Waals surface area contributed by atoms with E-state index >= 15 is 0 Å². The molecule has 0 saturated carbocycles. The van der Waals surface area contributed by atoms with Gasteiger partial charge < -0.3 is 47.9 Å². The van der Waals surface area contributed by atoms with Crippen molar-refractivity contribution in [2.45, 2.75) is 77.7 Å². The highest BCUT2D eigenvalue weighted by Crippen LogP contribution is 2.35. The highest BCUT2D eigenvalue weighted by Gasteiger charge is 2.38. The lowest BCUT2D eigenvalue weighted by Gasteiger charge is -2.35. The highest BCUT2D eigenvalue weighted by molar-refractivity contribution is 6.14. The molecule has 484 valence electrons. The lowest BCUT2D eigenvalue weighted by atomic mass is 9.97. The Hall–Kier alpha value is -9.69. The second-order valence-electron chi connectivity index (χ2n) is 22.7. The van der Waals surface area contributed by atoms with Crippen molar-refractivity contribution >= 4 is 52.3 Å². The van der Waals surface area contributed by atoms with E-state index < -0.39 is 29.0 Å². The highest BCUT2D eigenvalue weighted by atomic mass is 19.4. The minimum absolute atomic E-state index is 0. The summed E-state index contributed by atoms with van der Waals surface area (Å²) in [5, 5.41) is 10.6. The van der Waals surface area contributed by atoms with E-state index in [1.54, 1.807) is 61.7 Å². The van der Waals surface area contributed by atoms with Crippen molar-refractivity contribution in [3.63, 3.8) is 0 Å². The molecule has 6 aromatic heterocycles. The Balaban J connectivity index is 0.000000368. The van der Waals surface area contributed by atoms with Gasteiger partial charge >= 0.3 is 6.18 Å². The zero-order chi connectivity index (χ0) is 64.6. The van der Waals surface area contributed by atoms with Crippen LogP contribution in [-0.2, 0) is 6.18 Å². The zero-order valence-electron chi connectivity index (χ0n) is 51.4. The lowest BCUT2D eigenvalue weighted by molar-refractivity contribution is -0.138. The summed E-state index contributed by atoms with van der Waals surface area (Å²) in [6.45, 7) is 15.1. The summed E-state index contributed by atoms with van der Waals surface area (Å²) >= 11 is 0. The van der Waals surface area contributed by atoms with E-state index in [-0.39, 0.29) is 66.5 Å². The van der Waals surface area contributed by atoms with Crippen LogP contribution in [0, 0.1) is 23.6 Å². The number of anilines is 6. The largest absolute Gasteiger partial charge is 0.418 e. The molecule has 0 amide bonds. The second-order valence-corrected chi connectivity index (χ2v) is 22.7. The van der Waals surface area contributed by atoms with E-state index in [9.17, 15) is 31.9 Å². The number of nitrogens with one attached hydrogen (secondary N) is 3. The molecule has 0 bridgehead atoms. The van der Waals surface area contributed by atoms with Gasteiger partial charge in [0.15, 0.2) is 0 Å². The fourth-order valence-corrected chi connectivity index (χ4v) is 11.3. The van der Waals surface area contributed by atoms with Crippen molar-refractivity contribution in [3.8, 4) is 23.0 Å². The molecule has 0 spiro atoms. The maximum Gasteiger partial charge on any atom is 0.418 e. The van der Waals surface area contributed by atoms with Gasteiger partial charge in [0.25, 0.3) is 0 Å². The van der Waals surface area contributed by atoms with Gasteiger partial charge in [0, 0.05) is 109 Å². The van der Waals surface area contributed by atoms with Crippen LogP contribution in [0.2, 0.25) is 0 Å². The van der Waals surface area contributed by atoms with E-state index in [0.717, 1.165) is 83.4 Å². The predicted octanol–water partition coefficient (Wildman–Crippen LogP) is 11.5. The molecule has 9 N–H and O–H groups in total. The number of benzene rings is 2. The van der Waals surface area contributed by atoms with Gasteiger partial charge in [-0.15, -0.1) is 5.92 Å². The molecule has 0 aliphatic carbocycles. The number of carbonyl (C=O) groups is 3. The summed E-state index contributed by atoms with van der Waals surface area (Å²) in [5.74, 6) is 6.49. The van der Waals surface area contributed by atoms with E-state index in [2.05, 4.69) is 90.4 Å². The Kier molecular flexibility index (Phi) is 22.2. The molecule has 3 fully saturated rings. The number of carbonyl (C=O) groups excluding carboxylic acids is 3. The third-order valence-electron chi connectivity index (χ3n) is 15.7. The number of piperazine rings is 2. The van der Waals surface area contributed by atoms with Gasteiger partial charge in [-0.1, -0.05) is 81.6 Å². The molecular formula is C69H87F4N15O3. The molecule has 18 nitrogen and oxygen atoms in total. The Bertz CT molecular complexity index is 3930. The van der Waals surface area contributed by atoms with Crippen LogP contribution in [0.4, 0.5) is 52.5 Å². The van der Waals surface area contributed by atoms with Crippen molar-refractivity contribution in [2.24, 2.45) is 5.92 Å². The third-order valence-corrected chi connectivity index (χ3v) is 15.7. The first-order valence-corrected chi connectivity index (χ1v) is 30.5. The summed E-state index contributed by atoms with van der Waals surface area (Å²) in [6.07, 6.45) is 3.60. The second kappa shape index (κ2) is 30.7. The predicted molar refractivity (Wildman–Crippen MR) is 361 cm³/mol. The van der Waals surface area contributed by atoms with Gasteiger partial charge in [0.2, 0.25) is 17.3 Å². The van der Waals surface area contributed by atoms with Crippen LogP contribution in [0.3, 0.4) is 0 Å². The van der Waals surface area contributed by atoms with Crippen LogP contribution in [0.1, 0.15) is 133 Å². The van der Waals surface area contributed by atoms with E-state index in [1.807, 2.05) is 41.3 Å². The number of pyridine rings is 6. The molecule has 3 aliphatic rings. The molecule has 3 saturated heterocycles. The lowest BCUT2D eigenvalue weighted by Crippen LogP contribution is -2.51. The standard InChI is InChI=1S/C25H28FN5O.C24H23N5O.C20H24F3N5O.6H2/c1-16(2)14-17-15-31(13-12-28-17)22-10-9-19(18-6-3-4-8-21(18)26)23(30-22)24(32)20-7-5-11-29-25(20)27;1-2-7-18-11-12-21(28-22(18)23(30)19-10-6-13-27-24(19)25)29-15-14-26-20(16-29)17-8-4-3-5-9-17;1-2-5-13-12-28(11-4-10-25-13)16-8-7-15(20(21,22)23)17(27-16)18(29)14-6-3-9-26-19(14)24;;;;;;/h3-11,16-17,28H,12-15H2,1-2H3,(H2,27,29);3-6,8-13,20,26H,14-16H2,1H3,(H2,25,27);3,6-9,13,25H,2,4-5,10-12H2,1H3,(H2,24,26);6*1H/t17-;;;;;;;;/m0......../s1. The van der Waals surface area contributed by atoms with Crippen molar-refractivity contribution in [3.05, 3.63) is 202 Å². The minimum Gasteiger partial charge on any atom is -0.383 e. The fourth-order valence-electron chi connectivity index (χ4n) is 11.3. The molecular weight excluding hydrogens is 1160 g/mol. The van der Waals surface area contributed by atoms with E-state index in [1.165, 1.54) is 42.2 Å². The molecule has 2 unspecified atom stereocenters. The molecule has 22 heteroatoms. The van der Waals surface area contributed by atoms with Crippen molar-refractivity contribution in [1.82, 2.24) is 45.9 Å². The van der Waals surface area contributed by atoms with Gasteiger partial charge in [0.1, 0.15) is 57.8 Å². The zero-order valence-corrected chi connectivity index (χ0v) is 51.4. The van der Waals surface area contributed by atoms with Crippen LogP contribution in [0.15, 0.2) is 146 Å². The first-order chi connectivity index (χ1) is 43.9. The fraction of sp³-hybridized carbons (Fsp3) is 0.319. The number of nitrogens with two attached hydrogens (primary N) is 3. The molecule has 3 atom stereocenters. The van der Waals surface area contributed by atoms with Crippen LogP contribution >= 0.6 is 0 Å². The topological polar surface area (TPSA) is 252 Å². The number of alkyl halides is 3. The van der Waals surface area contributed by atoms with Crippen LogP contribution in [0.5, 0.6) is 0 Å². The van der Waals surface area contributed by atoms with Crippen molar-refractivity contribution < 1.29 is 40.5 Å². The number of hydrogen-bond donors (Lipinski definition) is 6. The average molecular weight is 1250 g/mol. The molecule has 0 radical (unpaired) electrons. The molecule has 9 heterocycles. The van der Waals surface area contributed by atoms with Gasteiger partial charge in [-0.3, -0.25) is 14.4 Å². The average Bonchev–Trinajstić information content (AvgIpc) is 0.986. The number of halogens is 4. The summed E-state index contributed by atoms with van der Waals surface area (Å²) in [5.41, 5.74) is 19.4. The minimum atomic E-state index is -4.71. The van der Waals surface area contributed by atoms with E-state index in [4.69, 9.17) is 27.2 Å². The first-order valence-electron chi connectivity index (χ1n) is 30.5. The Labute approximate surface area is 536 Å². The van der Waals surface area contributed by atoms with Gasteiger partial charge in [-0.25, -0.2) is 34.3 Å². The molecule has 8 aromatic rings. The monoisotopic (exact) mass is 1250 g/mol. The molecule has 11 rings (SSSR count). The number of nitrogens with zero attached hydrogens (tertiary/aromatic N) is 9. The third kappa shape index (κ3) is 16.6. The number of hydrogen-bond acceptors (Lipinski definition) is 18. The van der Waals surface area contributed by atoms with Crippen LogP contribution in [0.25, 0.3) is 11.1 Å². The number of ketones is 3.